The maximum absolute atomic E-state index is 11.0. The van der Waals surface area contributed by atoms with Gasteiger partial charge >= 0.3 is 5.97 Å². The van der Waals surface area contributed by atoms with Gasteiger partial charge in [-0.3, -0.25) is 0 Å². The van der Waals surface area contributed by atoms with Gasteiger partial charge < -0.3 is 19.9 Å². The summed E-state index contributed by atoms with van der Waals surface area (Å²) >= 11 is 2.10. The minimum atomic E-state index is -1.19. The monoisotopic (exact) mass is 374 g/mol. The quantitative estimate of drug-likeness (QED) is 0.710. The van der Waals surface area contributed by atoms with Gasteiger partial charge in [0.25, 0.3) is 0 Å². The van der Waals surface area contributed by atoms with Crippen molar-refractivity contribution >= 4 is 28.6 Å². The molecule has 0 saturated carbocycles. The van der Waals surface area contributed by atoms with Crippen molar-refractivity contribution in [3.8, 4) is 5.75 Å². The van der Waals surface area contributed by atoms with Crippen molar-refractivity contribution in [1.82, 2.24) is 9.97 Å². The summed E-state index contributed by atoms with van der Waals surface area (Å²) in [7, 11) is 1.49. The van der Waals surface area contributed by atoms with E-state index in [0.717, 1.165) is 3.57 Å². The number of aromatic carboxylic acids is 1. The molecule has 2 aromatic rings. The van der Waals surface area contributed by atoms with E-state index in [-0.39, 0.29) is 11.4 Å². The highest BCUT2D eigenvalue weighted by molar-refractivity contribution is 14.1. The highest BCUT2D eigenvalue weighted by Gasteiger charge is 2.24. The Morgan fingerprint density at radius 1 is 1.53 bits per heavy atom. The lowest BCUT2D eigenvalue weighted by Gasteiger charge is -2.14. The number of hydrogen-bond acceptors (Lipinski definition) is 4. The molecule has 1 heterocycles. The van der Waals surface area contributed by atoms with Crippen LogP contribution < -0.4 is 4.74 Å². The molecule has 0 fully saturated rings. The van der Waals surface area contributed by atoms with Crippen molar-refractivity contribution in [3.05, 3.63) is 45.0 Å². The third-order valence-corrected chi connectivity index (χ3v) is 3.30. The van der Waals surface area contributed by atoms with Crippen LogP contribution >= 0.6 is 22.6 Å². The van der Waals surface area contributed by atoms with Crippen molar-refractivity contribution in [1.29, 1.82) is 0 Å². The maximum Gasteiger partial charge on any atom is 0.356 e. The summed E-state index contributed by atoms with van der Waals surface area (Å²) in [6.07, 6.45) is 0.0980. The summed E-state index contributed by atoms with van der Waals surface area (Å²) in [5, 5.41) is 19.3. The molecule has 100 valence electrons. The van der Waals surface area contributed by atoms with Crippen LogP contribution in [0.3, 0.4) is 0 Å². The molecular formula is C12H11IN2O4. The molecule has 1 atom stereocenters. The van der Waals surface area contributed by atoms with E-state index in [1.165, 1.54) is 13.4 Å². The van der Waals surface area contributed by atoms with Crippen molar-refractivity contribution in [2.45, 2.75) is 6.10 Å². The lowest BCUT2D eigenvalue weighted by Crippen LogP contribution is -2.09. The van der Waals surface area contributed by atoms with Crippen molar-refractivity contribution in [2.24, 2.45) is 0 Å². The molecule has 0 aliphatic carbocycles. The Bertz CT molecular complexity index is 612. The van der Waals surface area contributed by atoms with E-state index in [2.05, 4.69) is 32.6 Å². The molecule has 19 heavy (non-hydrogen) atoms. The fourth-order valence-corrected chi connectivity index (χ4v) is 2.27. The van der Waals surface area contributed by atoms with E-state index in [4.69, 9.17) is 9.84 Å². The molecule has 2 rings (SSSR count). The highest BCUT2D eigenvalue weighted by atomic mass is 127. The van der Waals surface area contributed by atoms with E-state index in [0.29, 0.717) is 11.3 Å². The van der Waals surface area contributed by atoms with Gasteiger partial charge in [0.1, 0.15) is 11.9 Å². The largest absolute Gasteiger partial charge is 0.496 e. The molecule has 0 radical (unpaired) electrons. The molecule has 0 aliphatic heterocycles. The number of nitrogens with one attached hydrogen (secondary N) is 1. The fourth-order valence-electron chi connectivity index (χ4n) is 1.76. The number of aromatic amines is 1. The minimum Gasteiger partial charge on any atom is -0.496 e. The molecule has 7 heteroatoms. The van der Waals surface area contributed by atoms with Crippen molar-refractivity contribution in [3.63, 3.8) is 0 Å². The number of aromatic nitrogens is 2. The summed E-state index contributed by atoms with van der Waals surface area (Å²) in [4.78, 5) is 17.4. The number of hydrogen-bond donors (Lipinski definition) is 3. The van der Waals surface area contributed by atoms with Crippen LogP contribution in [0.2, 0.25) is 0 Å². The molecule has 0 amide bonds. The Balaban J connectivity index is 2.49. The average molecular weight is 374 g/mol. The van der Waals surface area contributed by atoms with Crippen LogP contribution in [-0.4, -0.2) is 33.3 Å². The van der Waals surface area contributed by atoms with Crippen LogP contribution in [0.4, 0.5) is 0 Å². The number of benzene rings is 1. The van der Waals surface area contributed by atoms with E-state index in [1.807, 2.05) is 6.07 Å². The molecule has 6 nitrogen and oxygen atoms in total. The number of imidazole rings is 1. The summed E-state index contributed by atoms with van der Waals surface area (Å²) in [6, 6.07) is 5.29. The van der Waals surface area contributed by atoms with E-state index < -0.39 is 12.1 Å². The second-order valence-electron chi connectivity index (χ2n) is 3.76. The van der Waals surface area contributed by atoms with Gasteiger partial charge in [-0.15, -0.1) is 0 Å². The molecule has 1 aromatic carbocycles. The summed E-state index contributed by atoms with van der Waals surface area (Å²) in [5.41, 5.74) is 0.419. The summed E-state index contributed by atoms with van der Waals surface area (Å²) in [6.45, 7) is 0. The molecule has 1 aromatic heterocycles. The number of halogens is 1. The van der Waals surface area contributed by atoms with Gasteiger partial charge in [0.2, 0.25) is 0 Å². The zero-order valence-electron chi connectivity index (χ0n) is 9.92. The Labute approximate surface area is 122 Å². The highest BCUT2D eigenvalue weighted by Crippen LogP contribution is 2.31. The Hall–Kier alpha value is -1.61. The number of aliphatic hydroxyl groups excluding tert-OH is 1. The van der Waals surface area contributed by atoms with E-state index >= 15 is 0 Å². The number of carbonyl (C=O) groups is 1. The molecule has 0 bridgehead atoms. The zero-order valence-corrected chi connectivity index (χ0v) is 12.1. The average Bonchev–Trinajstić information content (AvgIpc) is 2.87. The van der Waals surface area contributed by atoms with Crippen LogP contribution in [0.15, 0.2) is 24.5 Å². The number of rotatable bonds is 4. The molecule has 0 aliphatic rings. The third kappa shape index (κ3) is 2.71. The molecular weight excluding hydrogens is 363 g/mol. The number of ether oxygens (including phenoxy) is 1. The Kier molecular flexibility index (Phi) is 4.05. The number of H-pyrrole nitrogens is 1. The first-order chi connectivity index (χ1) is 9.04. The molecule has 3 N–H and O–H groups in total. The van der Waals surface area contributed by atoms with Crippen LogP contribution in [-0.2, 0) is 0 Å². The number of carboxylic acids is 1. The van der Waals surface area contributed by atoms with Crippen LogP contribution in [0.1, 0.15) is 27.8 Å². The van der Waals surface area contributed by atoms with Gasteiger partial charge in [0, 0.05) is 9.13 Å². The van der Waals surface area contributed by atoms with Crippen molar-refractivity contribution in [2.75, 3.05) is 7.11 Å². The first kappa shape index (κ1) is 13.8. The van der Waals surface area contributed by atoms with Crippen LogP contribution in [0, 0.1) is 3.57 Å². The second-order valence-corrected chi connectivity index (χ2v) is 5.00. The SMILES string of the molecule is COc1ccc(I)cc1C(O)c1[nH]cnc1C(=O)O. The standard InChI is InChI=1S/C12H11IN2O4/c1-19-8-3-2-6(13)4-7(8)11(16)9-10(12(17)18)15-5-14-9/h2-5,11,16H,1H3,(H,14,15)(H,17,18). The Morgan fingerprint density at radius 3 is 2.89 bits per heavy atom. The van der Waals surface area contributed by atoms with Crippen molar-refractivity contribution < 1.29 is 19.7 Å². The van der Waals surface area contributed by atoms with Gasteiger partial charge in [-0.1, -0.05) is 0 Å². The lowest BCUT2D eigenvalue weighted by atomic mass is 10.0. The Morgan fingerprint density at radius 2 is 2.26 bits per heavy atom. The number of methoxy groups -OCH3 is 1. The maximum atomic E-state index is 11.0. The zero-order chi connectivity index (χ0) is 14.0. The minimum absolute atomic E-state index is 0.132. The van der Waals surface area contributed by atoms with E-state index in [9.17, 15) is 9.90 Å². The third-order valence-electron chi connectivity index (χ3n) is 2.63. The van der Waals surface area contributed by atoms with Crippen LogP contribution in [0.25, 0.3) is 0 Å². The molecule has 0 spiro atoms. The number of carboxylic acid groups (broad SMARTS) is 1. The lowest BCUT2D eigenvalue weighted by molar-refractivity contribution is 0.0685. The number of aliphatic hydroxyl groups is 1. The predicted molar refractivity (Wildman–Crippen MR) is 75.3 cm³/mol. The normalized spacial score (nSPS) is 12.2. The first-order valence-electron chi connectivity index (χ1n) is 5.32. The summed E-state index contributed by atoms with van der Waals surface area (Å²) in [5.74, 6) is -0.709. The topological polar surface area (TPSA) is 95.4 Å². The van der Waals surface area contributed by atoms with Gasteiger partial charge in [0.05, 0.1) is 19.1 Å². The first-order valence-corrected chi connectivity index (χ1v) is 6.40. The smallest absolute Gasteiger partial charge is 0.356 e. The summed E-state index contributed by atoms with van der Waals surface area (Å²) < 4.78 is 6.08. The van der Waals surface area contributed by atoms with Gasteiger partial charge in [-0.25, -0.2) is 9.78 Å². The molecule has 0 saturated heterocycles. The second kappa shape index (κ2) is 5.57. The van der Waals surface area contributed by atoms with Gasteiger partial charge in [-0.2, -0.15) is 0 Å². The van der Waals surface area contributed by atoms with Gasteiger partial charge in [0.15, 0.2) is 5.69 Å². The van der Waals surface area contributed by atoms with Gasteiger partial charge in [-0.05, 0) is 40.8 Å². The van der Waals surface area contributed by atoms with E-state index in [1.54, 1.807) is 12.1 Å². The number of nitrogens with zero attached hydrogens (tertiary/aromatic N) is 1. The fraction of sp³-hybridized carbons (Fsp3) is 0.167. The molecule has 1 unspecified atom stereocenters. The van der Waals surface area contributed by atoms with Crippen LogP contribution in [0.5, 0.6) is 5.75 Å². The predicted octanol–water partition coefficient (Wildman–Crippen LogP) is 1.80.